The van der Waals surface area contributed by atoms with Crippen LogP contribution in [0.4, 0.5) is 0 Å². The van der Waals surface area contributed by atoms with Crippen LogP contribution in [0.25, 0.3) is 0 Å². The zero-order valence-corrected chi connectivity index (χ0v) is 8.69. The van der Waals surface area contributed by atoms with E-state index in [-0.39, 0.29) is 0 Å². The summed E-state index contributed by atoms with van der Waals surface area (Å²) in [5.74, 6) is 0. The molecule has 1 N–H and O–H groups in total. The zero-order valence-electron chi connectivity index (χ0n) is 8.69. The number of hydrogen-bond donors (Lipinski definition) is 1. The molecular formula is C10H22N2. The second kappa shape index (κ2) is 7.17. The van der Waals surface area contributed by atoms with E-state index in [1.54, 1.807) is 0 Å². The van der Waals surface area contributed by atoms with Crippen LogP contribution in [0.5, 0.6) is 0 Å². The molecule has 2 nitrogen and oxygen atoms in total. The van der Waals surface area contributed by atoms with Crippen LogP contribution in [0, 0.1) is 0 Å². The minimum absolute atomic E-state index is 0.999. The zero-order chi connectivity index (χ0) is 9.40. The molecular weight excluding hydrogens is 148 g/mol. The Kier molecular flexibility index (Phi) is 6.87. The van der Waals surface area contributed by atoms with E-state index >= 15 is 0 Å². The van der Waals surface area contributed by atoms with Crippen LogP contribution in [0.2, 0.25) is 0 Å². The molecule has 2 heteroatoms. The predicted molar refractivity (Wildman–Crippen MR) is 54.7 cm³/mol. The molecule has 0 saturated heterocycles. The third kappa shape index (κ3) is 4.39. The molecule has 0 spiro atoms. The highest BCUT2D eigenvalue weighted by molar-refractivity contribution is 4.90. The maximum Gasteiger partial charge on any atom is 0.0312 e. The first-order chi connectivity index (χ1) is 5.76. The first-order valence-corrected chi connectivity index (χ1v) is 4.95. The molecule has 0 radical (unpaired) electrons. The van der Waals surface area contributed by atoms with E-state index < -0.39 is 0 Å². The summed E-state index contributed by atoms with van der Waals surface area (Å²) in [4.78, 5) is 0. The van der Waals surface area contributed by atoms with Crippen LogP contribution < -0.4 is 5.43 Å². The van der Waals surface area contributed by atoms with E-state index in [9.17, 15) is 0 Å². The monoisotopic (exact) mass is 170 g/mol. The van der Waals surface area contributed by atoms with E-state index in [0.717, 1.165) is 25.9 Å². The molecule has 0 aliphatic rings. The van der Waals surface area contributed by atoms with Crippen molar-refractivity contribution in [2.75, 3.05) is 13.1 Å². The number of allylic oxidation sites excluding steroid dienone is 1. The van der Waals surface area contributed by atoms with E-state index in [0.29, 0.717) is 0 Å². The lowest BCUT2D eigenvalue weighted by Gasteiger charge is -2.25. The molecule has 12 heavy (non-hydrogen) atoms. The first-order valence-electron chi connectivity index (χ1n) is 4.95. The normalized spacial score (nSPS) is 9.92. The fourth-order valence-corrected chi connectivity index (χ4v) is 1.12. The van der Waals surface area contributed by atoms with Crippen molar-refractivity contribution < 1.29 is 0 Å². The van der Waals surface area contributed by atoms with Gasteiger partial charge in [0.05, 0.1) is 0 Å². The SMILES string of the molecule is C=C(CCC)N(CC)NCCC. The molecule has 0 aliphatic carbocycles. The van der Waals surface area contributed by atoms with Crippen LogP contribution in [-0.2, 0) is 0 Å². The summed E-state index contributed by atoms with van der Waals surface area (Å²) in [5, 5.41) is 2.15. The molecule has 0 amide bonds. The van der Waals surface area contributed by atoms with Gasteiger partial charge in [-0.25, -0.2) is 5.43 Å². The Bertz CT molecular complexity index is 121. The van der Waals surface area contributed by atoms with Gasteiger partial charge in [-0.05, 0) is 19.8 Å². The fourth-order valence-electron chi connectivity index (χ4n) is 1.12. The Morgan fingerprint density at radius 2 is 1.92 bits per heavy atom. The smallest absolute Gasteiger partial charge is 0.0312 e. The van der Waals surface area contributed by atoms with Crippen molar-refractivity contribution in [3.63, 3.8) is 0 Å². The summed E-state index contributed by atoms with van der Waals surface area (Å²) < 4.78 is 0. The Balaban J connectivity index is 3.71. The van der Waals surface area contributed by atoms with Gasteiger partial charge in [-0.15, -0.1) is 0 Å². The van der Waals surface area contributed by atoms with Gasteiger partial charge in [0.25, 0.3) is 0 Å². The summed E-state index contributed by atoms with van der Waals surface area (Å²) in [6.45, 7) is 12.6. The minimum atomic E-state index is 0.999. The summed E-state index contributed by atoms with van der Waals surface area (Å²) in [7, 11) is 0. The Morgan fingerprint density at radius 1 is 1.25 bits per heavy atom. The highest BCUT2D eigenvalue weighted by Crippen LogP contribution is 2.05. The molecule has 0 aliphatic heterocycles. The molecule has 0 saturated carbocycles. The molecule has 0 atom stereocenters. The van der Waals surface area contributed by atoms with Gasteiger partial charge in [-0.2, -0.15) is 0 Å². The van der Waals surface area contributed by atoms with E-state index in [4.69, 9.17) is 0 Å². The standard InChI is InChI=1S/C10H22N2/c1-5-8-10(4)12(7-3)11-9-6-2/h11H,4-9H2,1-3H3. The van der Waals surface area contributed by atoms with E-state index in [1.807, 2.05) is 0 Å². The van der Waals surface area contributed by atoms with Crippen molar-refractivity contribution in [2.45, 2.75) is 40.0 Å². The lowest BCUT2D eigenvalue weighted by Crippen LogP contribution is -2.37. The topological polar surface area (TPSA) is 15.3 Å². The average molecular weight is 170 g/mol. The van der Waals surface area contributed by atoms with Crippen LogP contribution >= 0.6 is 0 Å². The van der Waals surface area contributed by atoms with E-state index in [2.05, 4.69) is 37.8 Å². The molecule has 72 valence electrons. The van der Waals surface area contributed by atoms with Crippen molar-refractivity contribution >= 4 is 0 Å². The third-order valence-corrected chi connectivity index (χ3v) is 1.79. The van der Waals surface area contributed by atoms with Gasteiger partial charge in [-0.1, -0.05) is 26.8 Å². The lowest BCUT2D eigenvalue weighted by atomic mass is 10.3. The summed E-state index contributed by atoms with van der Waals surface area (Å²) in [6, 6.07) is 0. The molecule has 0 aromatic heterocycles. The fraction of sp³-hybridized carbons (Fsp3) is 0.800. The summed E-state index contributed by atoms with van der Waals surface area (Å²) >= 11 is 0. The van der Waals surface area contributed by atoms with Crippen molar-refractivity contribution in [3.05, 3.63) is 12.3 Å². The van der Waals surface area contributed by atoms with Crippen LogP contribution in [-0.4, -0.2) is 18.1 Å². The van der Waals surface area contributed by atoms with Gasteiger partial charge in [0.1, 0.15) is 0 Å². The van der Waals surface area contributed by atoms with Crippen LogP contribution in [0.1, 0.15) is 40.0 Å². The maximum absolute atomic E-state index is 4.03. The number of nitrogens with zero attached hydrogens (tertiary/aromatic N) is 1. The molecule has 0 aromatic carbocycles. The average Bonchev–Trinajstić information content (AvgIpc) is 2.06. The molecule has 0 heterocycles. The van der Waals surface area contributed by atoms with Crippen molar-refractivity contribution in [1.29, 1.82) is 0 Å². The summed E-state index contributed by atoms with van der Waals surface area (Å²) in [5.41, 5.74) is 4.54. The van der Waals surface area contributed by atoms with Gasteiger partial charge in [0.2, 0.25) is 0 Å². The second-order valence-corrected chi connectivity index (χ2v) is 2.97. The lowest BCUT2D eigenvalue weighted by molar-refractivity contribution is 0.250. The molecule has 0 unspecified atom stereocenters. The summed E-state index contributed by atoms with van der Waals surface area (Å²) in [6.07, 6.45) is 3.42. The quantitative estimate of drug-likeness (QED) is 0.591. The number of hydrazine groups is 1. The molecule has 0 bridgehead atoms. The van der Waals surface area contributed by atoms with Gasteiger partial charge in [0.15, 0.2) is 0 Å². The Labute approximate surface area is 76.6 Å². The van der Waals surface area contributed by atoms with Gasteiger partial charge >= 0.3 is 0 Å². The highest BCUT2D eigenvalue weighted by Gasteiger charge is 2.01. The van der Waals surface area contributed by atoms with Crippen LogP contribution in [0.3, 0.4) is 0 Å². The number of rotatable bonds is 7. The highest BCUT2D eigenvalue weighted by atomic mass is 15.5. The number of hydrogen-bond acceptors (Lipinski definition) is 2. The molecule has 0 rings (SSSR count). The Morgan fingerprint density at radius 3 is 2.33 bits per heavy atom. The third-order valence-electron chi connectivity index (χ3n) is 1.79. The number of nitrogens with one attached hydrogen (secondary N) is 1. The molecule has 0 aromatic rings. The van der Waals surface area contributed by atoms with Crippen molar-refractivity contribution in [1.82, 2.24) is 10.4 Å². The van der Waals surface area contributed by atoms with Crippen molar-refractivity contribution in [2.24, 2.45) is 0 Å². The van der Waals surface area contributed by atoms with Gasteiger partial charge in [-0.3, -0.25) is 0 Å². The predicted octanol–water partition coefficient (Wildman–Crippen LogP) is 2.54. The van der Waals surface area contributed by atoms with Gasteiger partial charge in [0, 0.05) is 18.8 Å². The molecule has 0 fully saturated rings. The van der Waals surface area contributed by atoms with Gasteiger partial charge < -0.3 is 5.01 Å². The van der Waals surface area contributed by atoms with Crippen molar-refractivity contribution in [3.8, 4) is 0 Å². The largest absolute Gasteiger partial charge is 0.313 e. The van der Waals surface area contributed by atoms with Crippen LogP contribution in [0.15, 0.2) is 12.3 Å². The Hall–Kier alpha value is -0.500. The first kappa shape index (κ1) is 11.5. The van der Waals surface area contributed by atoms with E-state index in [1.165, 1.54) is 12.1 Å². The second-order valence-electron chi connectivity index (χ2n) is 2.97. The maximum atomic E-state index is 4.03. The minimum Gasteiger partial charge on any atom is -0.313 e.